The van der Waals surface area contributed by atoms with E-state index in [1.165, 1.54) is 64.2 Å². The summed E-state index contributed by atoms with van der Waals surface area (Å²) in [5.74, 6) is -1.02. The van der Waals surface area contributed by atoms with Crippen LogP contribution in [0.25, 0.3) is 0 Å². The van der Waals surface area contributed by atoms with Crippen molar-refractivity contribution in [3.8, 4) is 0 Å². The monoisotopic (exact) mass is 1050 g/mol. The Balaban J connectivity index is 1.81. The Hall–Kier alpha value is -3.32. The molecule has 0 aromatic rings. The fraction of sp³-hybridized carbons (Fsp3) is 0.729. The molecule has 2 saturated heterocycles. The van der Waals surface area contributed by atoms with E-state index in [1.807, 2.05) is 6.08 Å². The van der Waals surface area contributed by atoms with Gasteiger partial charge in [0.15, 0.2) is 18.7 Å². The van der Waals surface area contributed by atoms with Gasteiger partial charge in [0.25, 0.3) is 0 Å². The van der Waals surface area contributed by atoms with E-state index >= 15 is 0 Å². The molecule has 2 fully saturated rings. The highest BCUT2D eigenvalue weighted by Gasteiger charge is 2.47. The first-order chi connectivity index (χ1) is 36.0. The largest absolute Gasteiger partial charge is 0.462 e. The van der Waals surface area contributed by atoms with Gasteiger partial charge in [0.1, 0.15) is 55.4 Å². The quantitative estimate of drug-likeness (QED) is 0.0172. The fourth-order valence-electron chi connectivity index (χ4n) is 8.22. The van der Waals surface area contributed by atoms with Gasteiger partial charge in [0, 0.05) is 12.8 Å². The Morgan fingerprint density at radius 3 is 1.34 bits per heavy atom. The van der Waals surface area contributed by atoms with Crippen LogP contribution >= 0.6 is 0 Å². The smallest absolute Gasteiger partial charge is 0.306 e. The molecule has 2 aliphatic heterocycles. The molecule has 0 bridgehead atoms. The van der Waals surface area contributed by atoms with Gasteiger partial charge in [0.2, 0.25) is 0 Å². The Kier molecular flexibility index (Phi) is 40.4. The van der Waals surface area contributed by atoms with Gasteiger partial charge < -0.3 is 64.2 Å². The van der Waals surface area contributed by atoms with Crippen molar-refractivity contribution in [3.63, 3.8) is 0 Å². The van der Waals surface area contributed by atoms with Crippen molar-refractivity contribution < 1.29 is 73.8 Å². The standard InChI is InChI=1S/C59H98O15/c1-3-5-7-9-11-13-15-17-19-21-22-23-24-26-27-29-31-33-35-37-39-41-50(61)69-44-47(72-51(62)42-40-38-36-34-32-30-28-25-20-18-16-14-12-10-8-6-4-2)45-70-58-57(68)55(66)53(64)49(74-58)46-71-59-56(67)54(65)52(63)48(43-60)73-59/h12,14,18-21,23-24,27-30,33,35,47-49,52-60,63-68H,3-11,13,15-17,22,25-26,31-32,34,36-46H2,1-2H3. The molecule has 0 radical (unpaired) electrons. The molecule has 74 heavy (non-hydrogen) atoms. The molecule has 2 aliphatic rings. The Morgan fingerprint density at radius 1 is 0.432 bits per heavy atom. The van der Waals surface area contributed by atoms with Gasteiger partial charge in [-0.15, -0.1) is 0 Å². The number of unbranched alkanes of at least 4 members (excludes halogenated alkanes) is 15. The van der Waals surface area contributed by atoms with Crippen molar-refractivity contribution in [2.24, 2.45) is 0 Å². The third-order valence-electron chi connectivity index (χ3n) is 12.8. The normalized spacial score (nSPS) is 25.3. The predicted molar refractivity (Wildman–Crippen MR) is 289 cm³/mol. The first-order valence-electron chi connectivity index (χ1n) is 28.2. The molecule has 424 valence electrons. The lowest BCUT2D eigenvalue weighted by atomic mass is 9.98. The summed E-state index contributed by atoms with van der Waals surface area (Å²) in [4.78, 5) is 25.8. The second-order valence-electron chi connectivity index (χ2n) is 19.4. The van der Waals surface area contributed by atoms with Crippen LogP contribution in [0.5, 0.6) is 0 Å². The maximum Gasteiger partial charge on any atom is 0.306 e. The van der Waals surface area contributed by atoms with Crippen LogP contribution in [0.2, 0.25) is 0 Å². The number of aliphatic hydroxyl groups is 7. The summed E-state index contributed by atoms with van der Waals surface area (Å²) in [6.07, 6.45) is 38.9. The third-order valence-corrected chi connectivity index (χ3v) is 12.8. The van der Waals surface area contributed by atoms with Crippen LogP contribution in [0.1, 0.15) is 181 Å². The number of carbonyl (C=O) groups excluding carboxylic acids is 2. The number of hydrogen-bond acceptors (Lipinski definition) is 15. The second kappa shape index (κ2) is 44.8. The van der Waals surface area contributed by atoms with E-state index in [2.05, 4.69) is 92.8 Å². The van der Waals surface area contributed by atoms with Gasteiger partial charge >= 0.3 is 11.9 Å². The Bertz CT molecular complexity index is 1610. The summed E-state index contributed by atoms with van der Waals surface area (Å²) in [6, 6.07) is 0. The lowest BCUT2D eigenvalue weighted by Gasteiger charge is -2.42. The van der Waals surface area contributed by atoms with Crippen LogP contribution in [0, 0.1) is 0 Å². The third kappa shape index (κ3) is 31.7. The van der Waals surface area contributed by atoms with Gasteiger partial charge in [-0.05, 0) is 89.9 Å². The lowest BCUT2D eigenvalue weighted by molar-refractivity contribution is -0.332. The Labute approximate surface area is 444 Å². The molecule has 0 aromatic carbocycles. The molecular weight excluding hydrogens is 949 g/mol. The van der Waals surface area contributed by atoms with Crippen molar-refractivity contribution in [1.82, 2.24) is 0 Å². The van der Waals surface area contributed by atoms with Gasteiger partial charge in [-0.1, -0.05) is 163 Å². The summed E-state index contributed by atoms with van der Waals surface area (Å²) in [5.41, 5.74) is 0. The van der Waals surface area contributed by atoms with E-state index in [4.69, 9.17) is 28.4 Å². The van der Waals surface area contributed by atoms with E-state index in [9.17, 15) is 45.3 Å². The molecule has 2 rings (SSSR count). The average Bonchev–Trinajstić information content (AvgIpc) is 3.39. The number of ether oxygens (including phenoxy) is 6. The lowest BCUT2D eigenvalue weighted by Crippen LogP contribution is -2.61. The van der Waals surface area contributed by atoms with Crippen molar-refractivity contribution >= 4 is 11.9 Å². The van der Waals surface area contributed by atoms with Gasteiger partial charge in [-0.25, -0.2) is 0 Å². The van der Waals surface area contributed by atoms with Crippen LogP contribution in [0.4, 0.5) is 0 Å². The molecular formula is C59H98O15. The molecule has 2 heterocycles. The number of hydrogen-bond donors (Lipinski definition) is 7. The zero-order valence-corrected chi connectivity index (χ0v) is 45.0. The topological polar surface area (TPSA) is 231 Å². The summed E-state index contributed by atoms with van der Waals surface area (Å²) in [6.45, 7) is 2.47. The predicted octanol–water partition coefficient (Wildman–Crippen LogP) is 9.16. The van der Waals surface area contributed by atoms with Crippen molar-refractivity contribution in [2.45, 2.75) is 248 Å². The SMILES string of the molecule is CCCCCC=CCC=CCC=CCCCCCCC(=O)OC(COC(=O)CCCC=CCC=CCC=CCC=CCCCCCCCCC)COC1OC(COC2OC(CO)C(O)C(O)C2O)C(O)C(O)C1O. The van der Waals surface area contributed by atoms with E-state index in [0.29, 0.717) is 19.3 Å². The van der Waals surface area contributed by atoms with Gasteiger partial charge in [0.05, 0.1) is 19.8 Å². The summed E-state index contributed by atoms with van der Waals surface area (Å²) in [5, 5.41) is 72.2. The maximum absolute atomic E-state index is 13.0. The number of carbonyl (C=O) groups is 2. The first kappa shape index (κ1) is 66.8. The first-order valence-corrected chi connectivity index (χ1v) is 28.2. The minimum absolute atomic E-state index is 0.123. The molecule has 0 saturated carbocycles. The number of esters is 2. The molecule has 11 unspecified atom stereocenters. The zero-order valence-electron chi connectivity index (χ0n) is 45.0. The van der Waals surface area contributed by atoms with Crippen molar-refractivity contribution in [2.75, 3.05) is 26.4 Å². The number of allylic oxidation sites excluding steroid dienone is 14. The molecule has 0 aromatic heterocycles. The van der Waals surface area contributed by atoms with Gasteiger partial charge in [-0.3, -0.25) is 9.59 Å². The van der Waals surface area contributed by atoms with E-state index in [-0.39, 0.29) is 19.4 Å². The number of rotatable bonds is 43. The fourth-order valence-corrected chi connectivity index (χ4v) is 8.22. The molecule has 11 atom stereocenters. The highest BCUT2D eigenvalue weighted by Crippen LogP contribution is 2.26. The van der Waals surface area contributed by atoms with Crippen LogP contribution < -0.4 is 0 Å². The van der Waals surface area contributed by atoms with E-state index in [1.54, 1.807) is 0 Å². The highest BCUT2D eigenvalue weighted by atomic mass is 16.7. The minimum Gasteiger partial charge on any atom is -0.462 e. The summed E-state index contributed by atoms with van der Waals surface area (Å²) >= 11 is 0. The van der Waals surface area contributed by atoms with Crippen molar-refractivity contribution in [3.05, 3.63) is 85.1 Å². The summed E-state index contributed by atoms with van der Waals surface area (Å²) in [7, 11) is 0. The highest BCUT2D eigenvalue weighted by molar-refractivity contribution is 5.70. The van der Waals surface area contributed by atoms with Crippen LogP contribution in [-0.2, 0) is 38.0 Å². The number of aliphatic hydroxyl groups excluding tert-OH is 7. The van der Waals surface area contributed by atoms with E-state index < -0.39 is 99.3 Å². The van der Waals surface area contributed by atoms with E-state index in [0.717, 1.165) is 70.6 Å². The Morgan fingerprint density at radius 2 is 0.824 bits per heavy atom. The molecule has 15 heteroatoms. The van der Waals surface area contributed by atoms with Crippen LogP contribution in [0.15, 0.2) is 85.1 Å². The van der Waals surface area contributed by atoms with Crippen LogP contribution in [0.3, 0.4) is 0 Å². The maximum atomic E-state index is 13.0. The average molecular weight is 1050 g/mol. The molecule has 0 amide bonds. The molecule has 15 nitrogen and oxygen atoms in total. The molecule has 0 aliphatic carbocycles. The summed E-state index contributed by atoms with van der Waals surface area (Å²) < 4.78 is 33.6. The van der Waals surface area contributed by atoms with Crippen LogP contribution in [-0.4, -0.2) is 142 Å². The molecule has 0 spiro atoms. The van der Waals surface area contributed by atoms with Crippen molar-refractivity contribution in [1.29, 1.82) is 0 Å². The minimum atomic E-state index is -1.78. The molecule has 7 N–H and O–H groups in total. The van der Waals surface area contributed by atoms with Gasteiger partial charge in [-0.2, -0.15) is 0 Å². The second-order valence-corrected chi connectivity index (χ2v) is 19.4. The zero-order chi connectivity index (χ0) is 53.9.